The van der Waals surface area contributed by atoms with Gasteiger partial charge >= 0.3 is 5.97 Å². The minimum Gasteiger partial charge on any atom is -0.497 e. The maximum absolute atomic E-state index is 13.0. The lowest BCUT2D eigenvalue weighted by molar-refractivity contribution is -0.139. The van der Waals surface area contributed by atoms with Crippen molar-refractivity contribution in [2.45, 2.75) is 32.1 Å². The van der Waals surface area contributed by atoms with Gasteiger partial charge in [0, 0.05) is 31.8 Å². The average Bonchev–Trinajstić information content (AvgIpc) is 2.80. The van der Waals surface area contributed by atoms with Crippen molar-refractivity contribution in [1.29, 1.82) is 0 Å². The zero-order chi connectivity index (χ0) is 22.5. The number of carbonyl (C=O) groups excluding carboxylic acids is 1. The molecular formula is C26H30N2O4. The van der Waals surface area contributed by atoms with E-state index < -0.39 is 5.97 Å². The summed E-state index contributed by atoms with van der Waals surface area (Å²) in [5.74, 6) is 0.278. The highest BCUT2D eigenvalue weighted by molar-refractivity contribution is 6.03. The molecule has 0 unspecified atom stereocenters. The van der Waals surface area contributed by atoms with E-state index in [4.69, 9.17) is 9.73 Å². The van der Waals surface area contributed by atoms with E-state index in [1.807, 2.05) is 41.3 Å². The van der Waals surface area contributed by atoms with Crippen molar-refractivity contribution in [3.63, 3.8) is 0 Å². The fraction of sp³-hybridized carbons (Fsp3) is 0.423. The lowest BCUT2D eigenvalue weighted by Crippen LogP contribution is -2.45. The first-order valence-corrected chi connectivity index (χ1v) is 11.3. The smallest absolute Gasteiger partial charge is 0.303 e. The number of ether oxygens (including phenoxy) is 1. The number of aliphatic carboxylic acids is 1. The van der Waals surface area contributed by atoms with Gasteiger partial charge in [0.05, 0.1) is 13.5 Å². The Bertz CT molecular complexity index is 1000. The van der Waals surface area contributed by atoms with Crippen LogP contribution in [0.1, 0.15) is 36.0 Å². The lowest BCUT2D eigenvalue weighted by atomic mass is 9.78. The summed E-state index contributed by atoms with van der Waals surface area (Å²) >= 11 is 0. The van der Waals surface area contributed by atoms with E-state index >= 15 is 0 Å². The monoisotopic (exact) mass is 434 g/mol. The molecular weight excluding hydrogens is 404 g/mol. The molecule has 0 radical (unpaired) electrons. The predicted molar refractivity (Wildman–Crippen MR) is 123 cm³/mol. The molecule has 0 saturated carbocycles. The van der Waals surface area contributed by atoms with Crippen molar-refractivity contribution in [3.05, 3.63) is 65.2 Å². The molecule has 1 fully saturated rings. The number of hydrogen-bond acceptors (Lipinski definition) is 4. The number of carbonyl (C=O) groups is 2. The molecule has 2 aromatic rings. The van der Waals surface area contributed by atoms with Crippen molar-refractivity contribution < 1.29 is 19.4 Å². The van der Waals surface area contributed by atoms with Gasteiger partial charge in [-0.2, -0.15) is 0 Å². The van der Waals surface area contributed by atoms with Crippen LogP contribution in [0.15, 0.2) is 53.5 Å². The molecule has 2 atom stereocenters. The van der Waals surface area contributed by atoms with Crippen LogP contribution in [0.25, 0.3) is 0 Å². The second kappa shape index (κ2) is 9.98. The summed E-state index contributed by atoms with van der Waals surface area (Å²) in [5, 5.41) is 9.45. The van der Waals surface area contributed by atoms with Crippen LogP contribution in [0.2, 0.25) is 0 Å². The number of methoxy groups -OCH3 is 1. The normalized spacial score (nSPS) is 20.3. The molecule has 6 nitrogen and oxygen atoms in total. The van der Waals surface area contributed by atoms with Gasteiger partial charge in [0.2, 0.25) is 5.91 Å². The molecule has 2 aliphatic heterocycles. The maximum atomic E-state index is 13.0. The maximum Gasteiger partial charge on any atom is 0.303 e. The summed E-state index contributed by atoms with van der Waals surface area (Å²) in [4.78, 5) is 31.2. The fourth-order valence-corrected chi connectivity index (χ4v) is 4.92. The van der Waals surface area contributed by atoms with Gasteiger partial charge in [0.15, 0.2) is 0 Å². The molecule has 1 saturated heterocycles. The van der Waals surface area contributed by atoms with Crippen LogP contribution in [0.5, 0.6) is 5.75 Å². The Hall–Kier alpha value is -3.15. The Morgan fingerprint density at radius 2 is 1.97 bits per heavy atom. The third-order valence-electron chi connectivity index (χ3n) is 6.64. The van der Waals surface area contributed by atoms with E-state index in [2.05, 4.69) is 12.1 Å². The Morgan fingerprint density at radius 3 is 2.72 bits per heavy atom. The van der Waals surface area contributed by atoms with Crippen LogP contribution in [0.3, 0.4) is 0 Å². The first kappa shape index (κ1) is 22.1. The number of benzene rings is 2. The van der Waals surface area contributed by atoms with Crippen LogP contribution in [-0.2, 0) is 22.4 Å². The second-order valence-electron chi connectivity index (χ2n) is 8.71. The minimum atomic E-state index is -0.778. The van der Waals surface area contributed by atoms with Crippen LogP contribution in [0.4, 0.5) is 0 Å². The first-order valence-electron chi connectivity index (χ1n) is 11.3. The van der Waals surface area contributed by atoms with E-state index in [-0.39, 0.29) is 24.2 Å². The third-order valence-corrected chi connectivity index (χ3v) is 6.64. The molecule has 4 rings (SSSR count). The van der Waals surface area contributed by atoms with Crippen LogP contribution >= 0.6 is 0 Å². The summed E-state index contributed by atoms with van der Waals surface area (Å²) in [5.41, 5.74) is 4.36. The number of carboxylic acids is 1. The molecule has 32 heavy (non-hydrogen) atoms. The summed E-state index contributed by atoms with van der Waals surface area (Å²) < 4.78 is 5.37. The topological polar surface area (TPSA) is 79.2 Å². The van der Waals surface area contributed by atoms with Crippen molar-refractivity contribution >= 4 is 17.6 Å². The minimum absolute atomic E-state index is 0.0413. The zero-order valence-corrected chi connectivity index (χ0v) is 18.5. The first-order chi connectivity index (χ1) is 15.5. The highest BCUT2D eigenvalue weighted by Gasteiger charge is 2.34. The summed E-state index contributed by atoms with van der Waals surface area (Å²) in [6.07, 6.45) is 2.78. The van der Waals surface area contributed by atoms with E-state index in [1.54, 1.807) is 7.11 Å². The molecule has 1 N–H and O–H groups in total. The average molecular weight is 435 g/mol. The SMILES string of the molecule is COc1ccc2c(c1)CCN=C2C[C@H]1CN(C(=O)Cc2ccccc2)CC[C@H]1CC(=O)O. The van der Waals surface area contributed by atoms with Gasteiger partial charge in [0.1, 0.15) is 5.75 Å². The van der Waals surface area contributed by atoms with E-state index in [0.717, 1.165) is 35.6 Å². The van der Waals surface area contributed by atoms with E-state index in [0.29, 0.717) is 32.4 Å². The van der Waals surface area contributed by atoms with Crippen LogP contribution in [0, 0.1) is 11.8 Å². The second-order valence-corrected chi connectivity index (χ2v) is 8.71. The Morgan fingerprint density at radius 1 is 1.16 bits per heavy atom. The largest absolute Gasteiger partial charge is 0.497 e. The number of fused-ring (bicyclic) bond motifs is 1. The molecule has 168 valence electrons. The van der Waals surface area contributed by atoms with Gasteiger partial charge in [-0.1, -0.05) is 30.3 Å². The van der Waals surface area contributed by atoms with Crippen LogP contribution < -0.4 is 4.74 Å². The predicted octanol–water partition coefficient (Wildman–Crippen LogP) is 3.61. The molecule has 0 aromatic heterocycles. The standard InChI is InChI=1S/C26H30N2O4/c1-32-22-7-8-23-20(14-22)9-11-27-24(23)15-21-17-28(12-10-19(21)16-26(30)31)25(29)13-18-5-3-2-4-6-18/h2-8,14,19,21H,9-13,15-17H2,1H3,(H,30,31)/t19-,21-/m0/s1. The van der Waals surface area contributed by atoms with Crippen molar-refractivity contribution in [2.24, 2.45) is 16.8 Å². The molecule has 0 spiro atoms. The Balaban J connectivity index is 1.50. The van der Waals surface area contributed by atoms with Gasteiger partial charge in [0.25, 0.3) is 0 Å². The fourth-order valence-electron chi connectivity index (χ4n) is 4.92. The van der Waals surface area contributed by atoms with Crippen molar-refractivity contribution in [3.8, 4) is 5.75 Å². The number of rotatable bonds is 7. The van der Waals surface area contributed by atoms with Gasteiger partial charge in [-0.25, -0.2) is 0 Å². The lowest BCUT2D eigenvalue weighted by Gasteiger charge is -2.39. The van der Waals surface area contributed by atoms with Crippen molar-refractivity contribution in [1.82, 2.24) is 4.90 Å². The third kappa shape index (κ3) is 5.18. The molecule has 6 heteroatoms. The van der Waals surface area contributed by atoms with Gasteiger partial charge < -0.3 is 14.7 Å². The van der Waals surface area contributed by atoms with E-state index in [1.165, 1.54) is 5.56 Å². The number of carboxylic acid groups (broad SMARTS) is 1. The quantitative estimate of drug-likeness (QED) is 0.722. The number of aliphatic imine (C=N–C) groups is 1. The highest BCUT2D eigenvalue weighted by Crippen LogP contribution is 2.33. The number of nitrogens with zero attached hydrogens (tertiary/aromatic N) is 2. The molecule has 1 amide bonds. The zero-order valence-electron chi connectivity index (χ0n) is 18.5. The van der Waals surface area contributed by atoms with Crippen LogP contribution in [-0.4, -0.2) is 54.3 Å². The highest BCUT2D eigenvalue weighted by atomic mass is 16.5. The van der Waals surface area contributed by atoms with Gasteiger partial charge in [-0.15, -0.1) is 0 Å². The summed E-state index contributed by atoms with van der Waals surface area (Å²) in [6, 6.07) is 15.8. The Labute approximate surface area is 188 Å². The molecule has 0 bridgehead atoms. The molecule has 2 aliphatic rings. The van der Waals surface area contributed by atoms with Gasteiger partial charge in [-0.05, 0) is 66.0 Å². The number of amides is 1. The summed E-state index contributed by atoms with van der Waals surface area (Å²) in [6.45, 7) is 1.91. The number of likely N-dealkylation sites (tertiary alicyclic amines) is 1. The molecule has 0 aliphatic carbocycles. The number of hydrogen-bond donors (Lipinski definition) is 1. The van der Waals surface area contributed by atoms with Crippen molar-refractivity contribution in [2.75, 3.05) is 26.7 Å². The molecule has 2 heterocycles. The van der Waals surface area contributed by atoms with E-state index in [9.17, 15) is 14.7 Å². The van der Waals surface area contributed by atoms with Gasteiger partial charge in [-0.3, -0.25) is 14.6 Å². The Kier molecular flexibility index (Phi) is 6.88. The number of piperidine rings is 1. The molecule has 2 aromatic carbocycles. The summed E-state index contributed by atoms with van der Waals surface area (Å²) in [7, 11) is 1.67.